The highest BCUT2D eigenvalue weighted by Crippen LogP contribution is 2.19. The summed E-state index contributed by atoms with van der Waals surface area (Å²) in [6, 6.07) is 9.38. The Hall–Kier alpha value is -1.19. The zero-order valence-corrected chi connectivity index (χ0v) is 8.77. The SMILES string of the molecule is S=c1cc(-c2cccc(Cl)c2)[nH]cn1. The molecule has 2 nitrogen and oxygen atoms in total. The van der Waals surface area contributed by atoms with Crippen LogP contribution in [0.4, 0.5) is 0 Å². The minimum atomic E-state index is 0.568. The van der Waals surface area contributed by atoms with Crippen molar-refractivity contribution in [3.05, 3.63) is 46.3 Å². The van der Waals surface area contributed by atoms with Gasteiger partial charge in [-0.05, 0) is 23.8 Å². The van der Waals surface area contributed by atoms with Gasteiger partial charge in [-0.1, -0.05) is 36.0 Å². The van der Waals surface area contributed by atoms with E-state index in [0.717, 1.165) is 11.3 Å². The molecule has 14 heavy (non-hydrogen) atoms. The first-order valence-corrected chi connectivity index (χ1v) is 4.85. The fraction of sp³-hybridized carbons (Fsp3) is 0. The second-order valence-corrected chi connectivity index (χ2v) is 3.66. The van der Waals surface area contributed by atoms with Crippen LogP contribution in [0.3, 0.4) is 0 Å². The largest absolute Gasteiger partial charge is 0.346 e. The van der Waals surface area contributed by atoms with E-state index in [0.29, 0.717) is 9.66 Å². The molecule has 1 N–H and O–H groups in total. The van der Waals surface area contributed by atoms with Crippen LogP contribution in [0.5, 0.6) is 0 Å². The van der Waals surface area contributed by atoms with Crippen LogP contribution in [0, 0.1) is 4.64 Å². The number of halogens is 1. The third-order valence-electron chi connectivity index (χ3n) is 1.82. The van der Waals surface area contributed by atoms with E-state index in [-0.39, 0.29) is 0 Å². The summed E-state index contributed by atoms with van der Waals surface area (Å²) in [5.74, 6) is 0. The van der Waals surface area contributed by atoms with Gasteiger partial charge in [-0.15, -0.1) is 0 Å². The van der Waals surface area contributed by atoms with Crippen molar-refractivity contribution in [2.75, 3.05) is 0 Å². The summed E-state index contributed by atoms with van der Waals surface area (Å²) < 4.78 is 0.568. The van der Waals surface area contributed by atoms with Gasteiger partial charge in [-0.25, -0.2) is 4.98 Å². The summed E-state index contributed by atoms with van der Waals surface area (Å²) in [6.45, 7) is 0. The Morgan fingerprint density at radius 3 is 2.86 bits per heavy atom. The number of aromatic nitrogens is 2. The third-order valence-corrected chi connectivity index (χ3v) is 2.27. The Labute approximate surface area is 91.6 Å². The average molecular weight is 223 g/mol. The molecule has 70 valence electrons. The number of hydrogen-bond acceptors (Lipinski definition) is 2. The lowest BCUT2D eigenvalue weighted by atomic mass is 10.1. The average Bonchev–Trinajstić information content (AvgIpc) is 2.18. The van der Waals surface area contributed by atoms with E-state index in [1.54, 1.807) is 12.4 Å². The maximum absolute atomic E-state index is 5.88. The van der Waals surface area contributed by atoms with Crippen LogP contribution in [0.2, 0.25) is 5.02 Å². The highest BCUT2D eigenvalue weighted by atomic mass is 35.5. The summed E-state index contributed by atoms with van der Waals surface area (Å²) in [5.41, 5.74) is 1.93. The predicted molar refractivity (Wildman–Crippen MR) is 59.9 cm³/mol. The fourth-order valence-corrected chi connectivity index (χ4v) is 1.55. The Kier molecular flexibility index (Phi) is 2.61. The molecule has 2 rings (SSSR count). The number of hydrogen-bond donors (Lipinski definition) is 1. The first-order valence-electron chi connectivity index (χ1n) is 4.06. The normalized spacial score (nSPS) is 10.1. The van der Waals surface area contributed by atoms with Gasteiger partial charge in [-0.2, -0.15) is 0 Å². The van der Waals surface area contributed by atoms with Crippen LogP contribution in [0.25, 0.3) is 11.3 Å². The molecule has 0 unspecified atom stereocenters. The van der Waals surface area contributed by atoms with Crippen molar-refractivity contribution < 1.29 is 0 Å². The molecule has 0 atom stereocenters. The van der Waals surface area contributed by atoms with Crippen molar-refractivity contribution in [3.63, 3.8) is 0 Å². The summed E-state index contributed by atoms with van der Waals surface area (Å²) in [5, 5.41) is 0.707. The van der Waals surface area contributed by atoms with Gasteiger partial charge in [0.1, 0.15) is 4.64 Å². The zero-order valence-electron chi connectivity index (χ0n) is 7.20. The standard InChI is InChI=1S/C10H7ClN2S/c11-8-3-1-2-7(4-8)9-5-10(14)13-6-12-9/h1-6H,(H,12,13,14). The van der Waals surface area contributed by atoms with Crippen LogP contribution < -0.4 is 0 Å². The summed E-state index contributed by atoms with van der Waals surface area (Å²) in [7, 11) is 0. The van der Waals surface area contributed by atoms with Gasteiger partial charge < -0.3 is 4.98 Å². The minimum absolute atomic E-state index is 0.568. The van der Waals surface area contributed by atoms with Crippen LogP contribution in [-0.2, 0) is 0 Å². The molecule has 0 aliphatic rings. The molecule has 0 spiro atoms. The second-order valence-electron chi connectivity index (χ2n) is 2.81. The van der Waals surface area contributed by atoms with Crippen molar-refractivity contribution >= 4 is 23.8 Å². The van der Waals surface area contributed by atoms with Gasteiger partial charge in [0.15, 0.2) is 0 Å². The number of nitrogens with one attached hydrogen (secondary N) is 1. The van der Waals surface area contributed by atoms with E-state index in [1.165, 1.54) is 0 Å². The lowest BCUT2D eigenvalue weighted by Gasteiger charge is -2.00. The lowest BCUT2D eigenvalue weighted by Crippen LogP contribution is -1.84. The third kappa shape index (κ3) is 2.00. The van der Waals surface area contributed by atoms with Gasteiger partial charge in [0, 0.05) is 10.7 Å². The molecule has 0 aliphatic carbocycles. The number of benzene rings is 1. The van der Waals surface area contributed by atoms with Gasteiger partial charge in [0.25, 0.3) is 0 Å². The van der Waals surface area contributed by atoms with E-state index < -0.39 is 0 Å². The summed E-state index contributed by atoms with van der Waals surface area (Å²) >= 11 is 10.8. The van der Waals surface area contributed by atoms with Crippen LogP contribution in [0.15, 0.2) is 36.7 Å². The minimum Gasteiger partial charge on any atom is -0.346 e. The Bertz CT molecular complexity index is 507. The molecule has 0 amide bonds. The van der Waals surface area contributed by atoms with Crippen molar-refractivity contribution in [2.24, 2.45) is 0 Å². The van der Waals surface area contributed by atoms with Crippen LogP contribution >= 0.6 is 23.8 Å². The van der Waals surface area contributed by atoms with Crippen molar-refractivity contribution in [3.8, 4) is 11.3 Å². The van der Waals surface area contributed by atoms with Gasteiger partial charge in [-0.3, -0.25) is 0 Å². The number of aromatic amines is 1. The molecule has 1 aromatic heterocycles. The van der Waals surface area contributed by atoms with Crippen molar-refractivity contribution in [2.45, 2.75) is 0 Å². The van der Waals surface area contributed by atoms with Crippen molar-refractivity contribution in [1.82, 2.24) is 9.97 Å². The van der Waals surface area contributed by atoms with Crippen LogP contribution in [-0.4, -0.2) is 9.97 Å². The summed E-state index contributed by atoms with van der Waals surface area (Å²) in [4.78, 5) is 6.93. The maximum atomic E-state index is 5.88. The number of nitrogens with zero attached hydrogens (tertiary/aromatic N) is 1. The van der Waals surface area contributed by atoms with E-state index in [2.05, 4.69) is 9.97 Å². The molecule has 0 radical (unpaired) electrons. The van der Waals surface area contributed by atoms with Gasteiger partial charge in [0.05, 0.1) is 6.33 Å². The lowest BCUT2D eigenvalue weighted by molar-refractivity contribution is 1.16. The van der Waals surface area contributed by atoms with E-state index in [9.17, 15) is 0 Å². The number of rotatable bonds is 1. The number of H-pyrrole nitrogens is 1. The van der Waals surface area contributed by atoms with Crippen LogP contribution in [0.1, 0.15) is 0 Å². The maximum Gasteiger partial charge on any atom is 0.130 e. The second kappa shape index (κ2) is 3.90. The Balaban J connectivity index is 2.55. The van der Waals surface area contributed by atoms with Gasteiger partial charge >= 0.3 is 0 Å². The predicted octanol–water partition coefficient (Wildman–Crippen LogP) is 3.46. The molecule has 0 saturated carbocycles. The molecular weight excluding hydrogens is 216 g/mol. The zero-order chi connectivity index (χ0) is 9.97. The Morgan fingerprint density at radius 1 is 1.29 bits per heavy atom. The molecule has 0 fully saturated rings. The van der Waals surface area contributed by atoms with Gasteiger partial charge in [0.2, 0.25) is 0 Å². The molecular formula is C10H7ClN2S. The topological polar surface area (TPSA) is 28.7 Å². The quantitative estimate of drug-likeness (QED) is 0.749. The molecule has 4 heteroatoms. The fourth-order valence-electron chi connectivity index (χ4n) is 1.19. The highest BCUT2D eigenvalue weighted by molar-refractivity contribution is 7.71. The molecule has 1 aromatic carbocycles. The highest BCUT2D eigenvalue weighted by Gasteiger charge is 1.97. The monoisotopic (exact) mass is 222 g/mol. The van der Waals surface area contributed by atoms with E-state index >= 15 is 0 Å². The molecule has 0 saturated heterocycles. The van der Waals surface area contributed by atoms with E-state index in [4.69, 9.17) is 23.8 Å². The smallest absolute Gasteiger partial charge is 0.130 e. The first kappa shape index (κ1) is 9.37. The molecule has 0 bridgehead atoms. The molecule has 0 aliphatic heterocycles. The molecule has 1 heterocycles. The summed E-state index contributed by atoms with van der Waals surface area (Å²) in [6.07, 6.45) is 1.58. The van der Waals surface area contributed by atoms with Crippen molar-refractivity contribution in [1.29, 1.82) is 0 Å². The first-order chi connectivity index (χ1) is 6.75. The van der Waals surface area contributed by atoms with E-state index in [1.807, 2.05) is 24.3 Å². The Morgan fingerprint density at radius 2 is 2.14 bits per heavy atom. The molecule has 2 aromatic rings.